The number of hydrogen-bond acceptors (Lipinski definition) is 5. The number of fused-ring (bicyclic) bond motifs is 1. The second-order valence-corrected chi connectivity index (χ2v) is 5.06. The SMILES string of the molecule is COc1ccc(Oc2ncc([N+](=O)[O-])cc2Cl)c2ccccc12. The fraction of sp³-hybridized carbons (Fsp3) is 0.0625. The molecule has 0 aliphatic heterocycles. The lowest BCUT2D eigenvalue weighted by molar-refractivity contribution is -0.385. The van der Waals surface area contributed by atoms with Gasteiger partial charge >= 0.3 is 0 Å². The number of methoxy groups -OCH3 is 1. The van der Waals surface area contributed by atoms with Crippen molar-refractivity contribution in [1.82, 2.24) is 4.98 Å². The largest absolute Gasteiger partial charge is 0.496 e. The van der Waals surface area contributed by atoms with Crippen molar-refractivity contribution in [3.63, 3.8) is 0 Å². The zero-order valence-electron chi connectivity index (χ0n) is 12.0. The van der Waals surface area contributed by atoms with Crippen molar-refractivity contribution >= 4 is 28.1 Å². The Morgan fingerprint density at radius 3 is 2.39 bits per heavy atom. The maximum atomic E-state index is 10.7. The van der Waals surface area contributed by atoms with Gasteiger partial charge in [-0.3, -0.25) is 10.1 Å². The first kappa shape index (κ1) is 15.1. The fourth-order valence-electron chi connectivity index (χ4n) is 2.21. The van der Waals surface area contributed by atoms with E-state index in [1.54, 1.807) is 19.2 Å². The lowest BCUT2D eigenvalue weighted by atomic mass is 10.1. The summed E-state index contributed by atoms with van der Waals surface area (Å²) in [4.78, 5) is 14.1. The first-order chi connectivity index (χ1) is 11.1. The molecule has 0 saturated carbocycles. The van der Waals surface area contributed by atoms with Crippen molar-refractivity contribution in [1.29, 1.82) is 0 Å². The Morgan fingerprint density at radius 1 is 1.13 bits per heavy atom. The number of benzene rings is 2. The molecule has 3 aromatic rings. The van der Waals surface area contributed by atoms with Gasteiger partial charge in [-0.2, -0.15) is 0 Å². The van der Waals surface area contributed by atoms with Crippen molar-refractivity contribution in [3.8, 4) is 17.4 Å². The molecule has 2 aromatic carbocycles. The smallest absolute Gasteiger partial charge is 0.289 e. The zero-order chi connectivity index (χ0) is 16.4. The van der Waals surface area contributed by atoms with Gasteiger partial charge in [-0.1, -0.05) is 35.9 Å². The average molecular weight is 331 g/mol. The van der Waals surface area contributed by atoms with Crippen LogP contribution in [0.15, 0.2) is 48.7 Å². The molecular weight excluding hydrogens is 320 g/mol. The van der Waals surface area contributed by atoms with E-state index in [1.807, 2.05) is 24.3 Å². The molecule has 1 aromatic heterocycles. The van der Waals surface area contributed by atoms with Crippen LogP contribution in [0.25, 0.3) is 10.8 Å². The Bertz CT molecular complexity index is 898. The molecule has 0 saturated heterocycles. The van der Waals surface area contributed by atoms with Crippen LogP contribution in [0.4, 0.5) is 5.69 Å². The molecule has 7 heteroatoms. The van der Waals surface area contributed by atoms with Crippen molar-refractivity contribution < 1.29 is 14.4 Å². The lowest BCUT2D eigenvalue weighted by Crippen LogP contribution is -1.94. The van der Waals surface area contributed by atoms with Crippen LogP contribution in [-0.2, 0) is 0 Å². The van der Waals surface area contributed by atoms with Gasteiger partial charge in [0.05, 0.1) is 12.0 Å². The van der Waals surface area contributed by atoms with Crippen LogP contribution in [0.5, 0.6) is 17.4 Å². The molecule has 0 spiro atoms. The first-order valence-corrected chi connectivity index (χ1v) is 7.01. The van der Waals surface area contributed by atoms with Gasteiger partial charge in [-0.25, -0.2) is 4.98 Å². The first-order valence-electron chi connectivity index (χ1n) is 6.63. The summed E-state index contributed by atoms with van der Waals surface area (Å²) in [5.74, 6) is 1.35. The highest BCUT2D eigenvalue weighted by molar-refractivity contribution is 6.32. The van der Waals surface area contributed by atoms with Gasteiger partial charge in [-0.05, 0) is 12.1 Å². The van der Waals surface area contributed by atoms with Gasteiger partial charge in [0, 0.05) is 16.8 Å². The number of ether oxygens (including phenoxy) is 2. The molecule has 1 heterocycles. The summed E-state index contributed by atoms with van der Waals surface area (Å²) in [6.45, 7) is 0. The number of halogens is 1. The van der Waals surface area contributed by atoms with E-state index in [9.17, 15) is 10.1 Å². The second kappa shape index (κ2) is 6.10. The van der Waals surface area contributed by atoms with Crippen molar-refractivity contribution in [2.75, 3.05) is 7.11 Å². The molecule has 0 amide bonds. The Balaban J connectivity index is 2.04. The van der Waals surface area contributed by atoms with E-state index in [0.717, 1.165) is 22.7 Å². The third-order valence-electron chi connectivity index (χ3n) is 3.27. The second-order valence-electron chi connectivity index (χ2n) is 4.65. The van der Waals surface area contributed by atoms with Crippen LogP contribution < -0.4 is 9.47 Å². The van der Waals surface area contributed by atoms with Crippen LogP contribution in [0.2, 0.25) is 5.02 Å². The number of rotatable bonds is 4. The van der Waals surface area contributed by atoms with Crippen LogP contribution in [0, 0.1) is 10.1 Å². The van der Waals surface area contributed by atoms with E-state index in [2.05, 4.69) is 4.98 Å². The predicted molar refractivity (Wildman–Crippen MR) is 86.5 cm³/mol. The topological polar surface area (TPSA) is 74.5 Å². The Kier molecular flexibility index (Phi) is 3.99. The van der Waals surface area contributed by atoms with E-state index >= 15 is 0 Å². The minimum Gasteiger partial charge on any atom is -0.496 e. The molecule has 0 N–H and O–H groups in total. The normalized spacial score (nSPS) is 10.5. The number of hydrogen-bond donors (Lipinski definition) is 0. The van der Waals surface area contributed by atoms with E-state index in [-0.39, 0.29) is 16.6 Å². The highest BCUT2D eigenvalue weighted by atomic mass is 35.5. The van der Waals surface area contributed by atoms with Crippen LogP contribution in [-0.4, -0.2) is 17.0 Å². The lowest BCUT2D eigenvalue weighted by Gasteiger charge is -2.11. The Hall–Kier alpha value is -2.86. The molecule has 0 aliphatic carbocycles. The predicted octanol–water partition coefficient (Wildman–Crippen LogP) is 4.60. The highest BCUT2D eigenvalue weighted by Gasteiger charge is 2.14. The maximum Gasteiger partial charge on any atom is 0.289 e. The van der Waals surface area contributed by atoms with E-state index < -0.39 is 4.92 Å². The van der Waals surface area contributed by atoms with Crippen molar-refractivity contribution in [3.05, 3.63) is 63.8 Å². The molecule has 0 radical (unpaired) electrons. The Morgan fingerprint density at radius 2 is 1.78 bits per heavy atom. The van der Waals surface area contributed by atoms with Gasteiger partial charge < -0.3 is 9.47 Å². The maximum absolute atomic E-state index is 10.7. The minimum absolute atomic E-state index is 0.0686. The quantitative estimate of drug-likeness (QED) is 0.516. The number of nitrogens with zero attached hydrogens (tertiary/aromatic N) is 2. The zero-order valence-corrected chi connectivity index (χ0v) is 12.8. The summed E-state index contributed by atoms with van der Waals surface area (Å²) < 4.78 is 11.1. The summed E-state index contributed by atoms with van der Waals surface area (Å²) in [7, 11) is 1.59. The number of pyridine rings is 1. The Labute approximate surface area is 136 Å². The molecular formula is C16H11ClN2O4. The number of aromatic nitrogens is 1. The van der Waals surface area contributed by atoms with E-state index in [0.29, 0.717) is 5.75 Å². The minimum atomic E-state index is -0.564. The standard InChI is InChI=1S/C16H11ClN2O4/c1-22-14-6-7-15(12-5-3-2-4-11(12)14)23-16-13(17)8-10(9-18-16)19(20)21/h2-9H,1H3. The third-order valence-corrected chi connectivity index (χ3v) is 3.55. The van der Waals surface area contributed by atoms with Gasteiger partial charge in [0.15, 0.2) is 0 Å². The summed E-state index contributed by atoms with van der Waals surface area (Å²) in [6.07, 6.45) is 1.10. The van der Waals surface area contributed by atoms with Crippen LogP contribution in [0.1, 0.15) is 0 Å². The van der Waals surface area contributed by atoms with E-state index in [1.165, 1.54) is 6.07 Å². The molecule has 0 fully saturated rings. The summed E-state index contributed by atoms with van der Waals surface area (Å²) in [5.41, 5.74) is -0.193. The molecule has 3 rings (SSSR count). The number of nitro groups is 1. The monoisotopic (exact) mass is 330 g/mol. The van der Waals surface area contributed by atoms with Gasteiger partial charge in [0.1, 0.15) is 22.7 Å². The van der Waals surface area contributed by atoms with Gasteiger partial charge in [0.2, 0.25) is 5.88 Å². The summed E-state index contributed by atoms with van der Waals surface area (Å²) in [6, 6.07) is 12.3. The molecule has 0 atom stereocenters. The highest BCUT2D eigenvalue weighted by Crippen LogP contribution is 2.37. The van der Waals surface area contributed by atoms with Gasteiger partial charge in [-0.15, -0.1) is 0 Å². The fourth-order valence-corrected chi connectivity index (χ4v) is 2.40. The van der Waals surface area contributed by atoms with Crippen LogP contribution >= 0.6 is 11.6 Å². The van der Waals surface area contributed by atoms with Crippen LogP contribution in [0.3, 0.4) is 0 Å². The van der Waals surface area contributed by atoms with Crippen molar-refractivity contribution in [2.45, 2.75) is 0 Å². The van der Waals surface area contributed by atoms with Crippen molar-refractivity contribution in [2.24, 2.45) is 0 Å². The third kappa shape index (κ3) is 2.89. The molecule has 0 bridgehead atoms. The summed E-state index contributed by atoms with van der Waals surface area (Å²) >= 11 is 6.02. The molecule has 6 nitrogen and oxygen atoms in total. The summed E-state index contributed by atoms with van der Waals surface area (Å²) in [5, 5.41) is 12.5. The molecule has 116 valence electrons. The molecule has 23 heavy (non-hydrogen) atoms. The molecule has 0 unspecified atom stereocenters. The molecule has 0 aliphatic rings. The van der Waals surface area contributed by atoms with E-state index in [4.69, 9.17) is 21.1 Å². The van der Waals surface area contributed by atoms with Gasteiger partial charge in [0.25, 0.3) is 5.69 Å². The average Bonchev–Trinajstić information content (AvgIpc) is 2.56.